The van der Waals surface area contributed by atoms with E-state index < -0.39 is 4.92 Å². The topological polar surface area (TPSA) is 90.2 Å². The predicted octanol–water partition coefficient (Wildman–Crippen LogP) is 2.87. The van der Waals surface area contributed by atoms with Crippen LogP contribution in [-0.2, 0) is 0 Å². The van der Waals surface area contributed by atoms with Crippen LogP contribution in [0, 0.1) is 10.1 Å². The van der Waals surface area contributed by atoms with E-state index in [0.717, 1.165) is 12.8 Å². The van der Waals surface area contributed by atoms with Crippen molar-refractivity contribution in [1.82, 2.24) is 9.97 Å². The van der Waals surface area contributed by atoms with Crippen LogP contribution in [0.3, 0.4) is 0 Å². The first kappa shape index (κ1) is 15.8. The summed E-state index contributed by atoms with van der Waals surface area (Å²) in [5.41, 5.74) is -0.202. The van der Waals surface area contributed by atoms with Gasteiger partial charge in [-0.05, 0) is 19.1 Å². The van der Waals surface area contributed by atoms with Crippen molar-refractivity contribution >= 4 is 23.3 Å². The van der Waals surface area contributed by atoms with E-state index in [1.165, 1.54) is 32.7 Å². The fourth-order valence-electron chi connectivity index (χ4n) is 2.70. The molecule has 1 aliphatic carbocycles. The van der Waals surface area contributed by atoms with Crippen molar-refractivity contribution in [3.8, 4) is 5.88 Å². The summed E-state index contributed by atoms with van der Waals surface area (Å²) in [5, 5.41) is 14.3. The van der Waals surface area contributed by atoms with Crippen LogP contribution in [0.15, 0.2) is 6.33 Å². The van der Waals surface area contributed by atoms with Crippen molar-refractivity contribution in [2.75, 3.05) is 25.2 Å². The lowest BCUT2D eigenvalue weighted by Gasteiger charge is -2.35. The minimum atomic E-state index is -0.506. The van der Waals surface area contributed by atoms with Crippen molar-refractivity contribution in [3.63, 3.8) is 0 Å². The molecular weight excluding hydrogens is 292 g/mol. The highest BCUT2D eigenvalue weighted by molar-refractivity contribution is 8.00. The smallest absolute Gasteiger partial charge is 0.372 e. The van der Waals surface area contributed by atoms with Crippen LogP contribution in [0.4, 0.5) is 11.5 Å². The van der Waals surface area contributed by atoms with Crippen LogP contribution in [0.25, 0.3) is 0 Å². The normalized spacial score (nSPS) is 17.2. The van der Waals surface area contributed by atoms with E-state index in [1.807, 2.05) is 11.8 Å². The Morgan fingerprint density at radius 3 is 2.71 bits per heavy atom. The largest absolute Gasteiger partial charge is 0.476 e. The quantitative estimate of drug-likeness (QED) is 0.638. The van der Waals surface area contributed by atoms with Gasteiger partial charge in [0.05, 0.1) is 12.0 Å². The van der Waals surface area contributed by atoms with Crippen LogP contribution >= 0.6 is 11.8 Å². The fraction of sp³-hybridized carbons (Fsp3) is 0.692. The summed E-state index contributed by atoms with van der Waals surface area (Å²) in [6.07, 6.45) is 9.30. The van der Waals surface area contributed by atoms with Gasteiger partial charge in [-0.2, -0.15) is 16.7 Å². The lowest BCUT2D eigenvalue weighted by atomic mass is 9.88. The van der Waals surface area contributed by atoms with Crippen molar-refractivity contribution in [1.29, 1.82) is 0 Å². The summed E-state index contributed by atoms with van der Waals surface area (Å²) in [7, 11) is 1.36. The molecule has 0 spiro atoms. The highest BCUT2D eigenvalue weighted by Crippen LogP contribution is 2.39. The molecule has 1 aliphatic rings. The number of anilines is 1. The lowest BCUT2D eigenvalue weighted by molar-refractivity contribution is -0.385. The number of aromatic nitrogens is 2. The van der Waals surface area contributed by atoms with Gasteiger partial charge < -0.3 is 10.1 Å². The first-order valence-electron chi connectivity index (χ1n) is 6.94. The summed E-state index contributed by atoms with van der Waals surface area (Å²) in [6, 6.07) is 0. The Morgan fingerprint density at radius 2 is 2.14 bits per heavy atom. The Labute approximate surface area is 128 Å². The molecule has 0 saturated heterocycles. The van der Waals surface area contributed by atoms with Gasteiger partial charge in [0.2, 0.25) is 5.82 Å². The first-order valence-corrected chi connectivity index (χ1v) is 8.17. The molecule has 1 aromatic rings. The Morgan fingerprint density at radius 1 is 1.43 bits per heavy atom. The summed E-state index contributed by atoms with van der Waals surface area (Å²) in [5.74, 6) is 0.213. The molecule has 1 fully saturated rings. The molecule has 1 aromatic heterocycles. The Bertz CT molecular complexity index is 506. The average Bonchev–Trinajstić information content (AvgIpc) is 2.53. The minimum absolute atomic E-state index is 0.0145. The second-order valence-electron chi connectivity index (χ2n) is 5.14. The molecule has 0 atom stereocenters. The molecule has 0 bridgehead atoms. The lowest BCUT2D eigenvalue weighted by Crippen LogP contribution is -2.35. The summed E-state index contributed by atoms with van der Waals surface area (Å²) in [4.78, 5) is 18.5. The Kier molecular flexibility index (Phi) is 5.22. The second-order valence-corrected chi connectivity index (χ2v) is 6.41. The summed E-state index contributed by atoms with van der Waals surface area (Å²) < 4.78 is 5.08. The molecule has 0 aliphatic heterocycles. The second kappa shape index (κ2) is 6.93. The van der Waals surface area contributed by atoms with Gasteiger partial charge in [-0.3, -0.25) is 10.1 Å². The highest BCUT2D eigenvalue weighted by atomic mass is 32.2. The number of nitrogens with zero attached hydrogens (tertiary/aromatic N) is 3. The molecule has 0 amide bonds. The molecule has 1 saturated carbocycles. The highest BCUT2D eigenvalue weighted by Gasteiger charge is 2.32. The van der Waals surface area contributed by atoms with Gasteiger partial charge in [-0.1, -0.05) is 19.3 Å². The monoisotopic (exact) mass is 312 g/mol. The Balaban J connectivity index is 2.17. The zero-order valence-electron chi connectivity index (χ0n) is 12.3. The van der Waals surface area contributed by atoms with Gasteiger partial charge in [0.15, 0.2) is 0 Å². The fourth-order valence-corrected chi connectivity index (χ4v) is 3.61. The molecule has 1 N–H and O–H groups in total. The van der Waals surface area contributed by atoms with Crippen LogP contribution in [-0.4, -0.2) is 39.5 Å². The number of rotatable bonds is 6. The molecular formula is C13H20N4O3S. The van der Waals surface area contributed by atoms with E-state index in [0.29, 0.717) is 6.54 Å². The van der Waals surface area contributed by atoms with E-state index in [1.54, 1.807) is 0 Å². The predicted molar refractivity (Wildman–Crippen MR) is 83.1 cm³/mol. The third-order valence-electron chi connectivity index (χ3n) is 3.94. The number of nitrogens with one attached hydrogen (secondary N) is 1. The van der Waals surface area contributed by atoms with Gasteiger partial charge in [-0.15, -0.1) is 0 Å². The molecule has 0 aromatic carbocycles. The van der Waals surface area contributed by atoms with Crippen molar-refractivity contribution < 1.29 is 9.66 Å². The van der Waals surface area contributed by atoms with Gasteiger partial charge >= 0.3 is 5.69 Å². The maximum atomic E-state index is 11.2. The van der Waals surface area contributed by atoms with Gasteiger partial charge in [0.25, 0.3) is 5.88 Å². The molecule has 2 rings (SSSR count). The standard InChI is InChI=1S/C13H20N4O3S/c1-20-12-10(17(18)19)11(15-9-16-12)14-8-13(21-2)6-4-3-5-7-13/h9H,3-8H2,1-2H3,(H,14,15,16). The summed E-state index contributed by atoms with van der Waals surface area (Å²) >= 11 is 1.83. The van der Waals surface area contributed by atoms with Crippen LogP contribution in [0.2, 0.25) is 0 Å². The first-order chi connectivity index (χ1) is 10.1. The van der Waals surface area contributed by atoms with Crippen molar-refractivity contribution in [2.45, 2.75) is 36.9 Å². The number of thioether (sulfide) groups is 1. The van der Waals surface area contributed by atoms with E-state index in [9.17, 15) is 10.1 Å². The van der Waals surface area contributed by atoms with Crippen molar-refractivity contribution in [2.24, 2.45) is 0 Å². The number of hydrogen-bond acceptors (Lipinski definition) is 7. The SMILES string of the molecule is COc1ncnc(NCC2(SC)CCCCC2)c1[N+](=O)[O-]. The van der Waals surface area contributed by atoms with Crippen LogP contribution in [0.1, 0.15) is 32.1 Å². The van der Waals surface area contributed by atoms with E-state index >= 15 is 0 Å². The van der Waals surface area contributed by atoms with E-state index in [2.05, 4.69) is 21.5 Å². The minimum Gasteiger partial charge on any atom is -0.476 e. The third kappa shape index (κ3) is 3.55. The number of methoxy groups -OCH3 is 1. The molecule has 0 unspecified atom stereocenters. The van der Waals surface area contributed by atoms with E-state index in [-0.39, 0.29) is 22.1 Å². The zero-order valence-corrected chi connectivity index (χ0v) is 13.1. The van der Waals surface area contributed by atoms with Gasteiger partial charge in [-0.25, -0.2) is 4.98 Å². The van der Waals surface area contributed by atoms with Crippen LogP contribution in [0.5, 0.6) is 5.88 Å². The molecule has 8 heteroatoms. The Hall–Kier alpha value is -1.57. The van der Waals surface area contributed by atoms with Crippen LogP contribution < -0.4 is 10.1 Å². The molecule has 0 radical (unpaired) electrons. The molecule has 1 heterocycles. The maximum Gasteiger partial charge on any atom is 0.372 e. The molecule has 21 heavy (non-hydrogen) atoms. The third-order valence-corrected chi connectivity index (χ3v) is 5.36. The number of ether oxygens (including phenoxy) is 1. The van der Waals surface area contributed by atoms with Crippen molar-refractivity contribution in [3.05, 3.63) is 16.4 Å². The maximum absolute atomic E-state index is 11.2. The number of nitro groups is 1. The average molecular weight is 312 g/mol. The van der Waals surface area contributed by atoms with Gasteiger partial charge in [0.1, 0.15) is 6.33 Å². The molecule has 116 valence electrons. The molecule has 7 nitrogen and oxygen atoms in total. The summed E-state index contributed by atoms with van der Waals surface area (Å²) in [6.45, 7) is 0.662. The number of hydrogen-bond donors (Lipinski definition) is 1. The van der Waals surface area contributed by atoms with E-state index in [4.69, 9.17) is 4.74 Å². The van der Waals surface area contributed by atoms with Gasteiger partial charge in [0, 0.05) is 11.3 Å². The zero-order chi connectivity index (χ0) is 15.3.